The normalized spacial score (nSPS) is 17.9. The highest BCUT2D eigenvalue weighted by Crippen LogP contribution is 2.29. The predicted molar refractivity (Wildman–Crippen MR) is 102 cm³/mol. The number of carbonyl (C=O) groups is 1. The number of amides is 1. The molecule has 0 fully saturated rings. The van der Waals surface area contributed by atoms with Crippen molar-refractivity contribution in [2.45, 2.75) is 24.2 Å². The highest BCUT2D eigenvalue weighted by molar-refractivity contribution is 7.92. The van der Waals surface area contributed by atoms with Crippen LogP contribution in [0.4, 0.5) is 13.2 Å². The lowest BCUT2D eigenvalue weighted by Gasteiger charge is -2.17. The Hall–Kier alpha value is -2.99. The molecule has 1 aliphatic rings. The zero-order chi connectivity index (χ0) is 22.1. The monoisotopic (exact) mass is 442 g/mol. The maximum Gasteiger partial charge on any atom is 0.433 e. The van der Waals surface area contributed by atoms with Crippen LogP contribution in [0.5, 0.6) is 0 Å². The van der Waals surface area contributed by atoms with Gasteiger partial charge in [-0.3, -0.25) is 15.1 Å². The highest BCUT2D eigenvalue weighted by atomic mass is 32.2. The molecule has 3 N–H and O–H groups in total. The number of nitrogens with one attached hydrogen (secondary N) is 1. The Bertz CT molecular complexity index is 1070. The molecule has 1 aromatic heterocycles. The van der Waals surface area contributed by atoms with E-state index in [2.05, 4.69) is 15.5 Å². The van der Waals surface area contributed by atoms with Gasteiger partial charge in [-0.05, 0) is 17.2 Å². The summed E-state index contributed by atoms with van der Waals surface area (Å²) < 4.78 is 61.1. The molecular formula is C18H17F3N4O4S. The third kappa shape index (κ3) is 4.94. The van der Waals surface area contributed by atoms with Crippen LogP contribution in [0.25, 0.3) is 11.1 Å². The van der Waals surface area contributed by atoms with Gasteiger partial charge in [0.1, 0.15) is 5.69 Å². The van der Waals surface area contributed by atoms with Gasteiger partial charge in [-0.15, -0.1) is 0 Å². The van der Waals surface area contributed by atoms with E-state index in [4.69, 9.17) is 10.6 Å². The summed E-state index contributed by atoms with van der Waals surface area (Å²) in [6.45, 7) is 0. The van der Waals surface area contributed by atoms with E-state index in [1.807, 2.05) is 0 Å². The first kappa shape index (κ1) is 21.7. The Morgan fingerprint density at radius 3 is 2.27 bits per heavy atom. The van der Waals surface area contributed by atoms with Gasteiger partial charge in [-0.25, -0.2) is 8.42 Å². The van der Waals surface area contributed by atoms with Crippen molar-refractivity contribution < 1.29 is 31.2 Å². The fourth-order valence-corrected chi connectivity index (χ4v) is 3.63. The standard InChI is InChI=1S/C18H17F3N4O4S/c1-30(27,28)17(16(22)26)24-15-8-13(25-29-15)11-4-2-10(3-5-11)12-6-7-14(23-9-12)18(19,20)21/h2-7,9,15,17,24H,8H2,1H3,(H2,22,26). The zero-order valence-electron chi connectivity index (χ0n) is 15.6. The van der Waals surface area contributed by atoms with E-state index in [0.29, 0.717) is 22.4 Å². The van der Waals surface area contributed by atoms with Gasteiger partial charge in [0.2, 0.25) is 5.91 Å². The molecule has 0 saturated heterocycles. The van der Waals surface area contributed by atoms with Crippen molar-refractivity contribution in [1.29, 1.82) is 0 Å². The third-order valence-electron chi connectivity index (χ3n) is 4.30. The molecule has 2 atom stereocenters. The summed E-state index contributed by atoms with van der Waals surface area (Å²) >= 11 is 0. The van der Waals surface area contributed by atoms with Crippen molar-refractivity contribution in [2.75, 3.05) is 6.26 Å². The van der Waals surface area contributed by atoms with E-state index < -0.39 is 39.2 Å². The van der Waals surface area contributed by atoms with Crippen LogP contribution in [0.2, 0.25) is 0 Å². The molecule has 30 heavy (non-hydrogen) atoms. The molecule has 2 unspecified atom stereocenters. The van der Waals surface area contributed by atoms with E-state index in [1.54, 1.807) is 24.3 Å². The molecule has 1 aliphatic heterocycles. The number of carbonyl (C=O) groups excluding carboxylic acids is 1. The van der Waals surface area contributed by atoms with Crippen LogP contribution in [0.3, 0.4) is 0 Å². The van der Waals surface area contributed by atoms with Crippen molar-refractivity contribution in [2.24, 2.45) is 10.9 Å². The Morgan fingerprint density at radius 2 is 1.77 bits per heavy atom. The minimum Gasteiger partial charge on any atom is -0.376 e. The average Bonchev–Trinajstić information content (AvgIpc) is 3.13. The van der Waals surface area contributed by atoms with Crippen LogP contribution >= 0.6 is 0 Å². The number of hydrogen-bond donors (Lipinski definition) is 2. The SMILES string of the molecule is CS(=O)(=O)C(NC1CC(c2ccc(-c3ccc(C(F)(F)F)nc3)cc2)=NO1)C(N)=O. The first-order valence-electron chi connectivity index (χ1n) is 8.56. The summed E-state index contributed by atoms with van der Waals surface area (Å²) in [4.78, 5) is 19.9. The molecule has 3 rings (SSSR count). The molecule has 12 heteroatoms. The Balaban J connectivity index is 1.68. The molecule has 0 bridgehead atoms. The van der Waals surface area contributed by atoms with E-state index in [-0.39, 0.29) is 6.42 Å². The largest absolute Gasteiger partial charge is 0.433 e. The molecule has 0 aliphatic carbocycles. The van der Waals surface area contributed by atoms with Crippen molar-refractivity contribution in [1.82, 2.24) is 10.3 Å². The van der Waals surface area contributed by atoms with Gasteiger partial charge in [0.15, 0.2) is 21.4 Å². The van der Waals surface area contributed by atoms with Gasteiger partial charge in [-0.1, -0.05) is 35.5 Å². The van der Waals surface area contributed by atoms with Gasteiger partial charge in [-0.2, -0.15) is 13.2 Å². The predicted octanol–water partition coefficient (Wildman–Crippen LogP) is 1.66. The van der Waals surface area contributed by atoms with Gasteiger partial charge in [0.25, 0.3) is 0 Å². The number of sulfone groups is 1. The molecule has 0 saturated carbocycles. The van der Waals surface area contributed by atoms with Crippen LogP contribution in [0.1, 0.15) is 17.7 Å². The number of benzene rings is 1. The molecule has 2 aromatic rings. The molecule has 8 nitrogen and oxygen atoms in total. The second kappa shape index (κ2) is 8.03. The molecule has 1 aromatic carbocycles. The van der Waals surface area contributed by atoms with Crippen molar-refractivity contribution in [3.05, 3.63) is 53.9 Å². The minimum absolute atomic E-state index is 0.181. The number of halogens is 3. The number of primary amides is 1. The fraction of sp³-hybridized carbons (Fsp3) is 0.278. The molecule has 1 amide bonds. The molecule has 0 spiro atoms. The highest BCUT2D eigenvalue weighted by Gasteiger charge is 2.33. The first-order chi connectivity index (χ1) is 13.9. The number of nitrogens with zero attached hydrogens (tertiary/aromatic N) is 2. The summed E-state index contributed by atoms with van der Waals surface area (Å²) in [5, 5.41) is 4.80. The Kier molecular flexibility index (Phi) is 5.81. The molecule has 2 heterocycles. The van der Waals surface area contributed by atoms with Crippen LogP contribution in [0.15, 0.2) is 47.8 Å². The number of oxime groups is 1. The van der Waals surface area contributed by atoms with Gasteiger partial charge in [0.05, 0.1) is 5.71 Å². The number of hydrogen-bond acceptors (Lipinski definition) is 7. The maximum absolute atomic E-state index is 12.6. The van der Waals surface area contributed by atoms with E-state index >= 15 is 0 Å². The molecule has 160 valence electrons. The summed E-state index contributed by atoms with van der Waals surface area (Å²) in [7, 11) is -3.78. The van der Waals surface area contributed by atoms with Crippen LogP contribution in [-0.4, -0.2) is 42.9 Å². The number of nitrogens with two attached hydrogens (primary N) is 1. The van der Waals surface area contributed by atoms with Crippen molar-refractivity contribution >= 4 is 21.5 Å². The van der Waals surface area contributed by atoms with E-state index in [1.165, 1.54) is 6.07 Å². The fourth-order valence-electron chi connectivity index (χ4n) is 2.81. The number of alkyl halides is 3. The summed E-state index contributed by atoms with van der Waals surface area (Å²) in [6.07, 6.45) is -3.16. The van der Waals surface area contributed by atoms with E-state index in [0.717, 1.165) is 18.5 Å². The number of aromatic nitrogens is 1. The summed E-state index contributed by atoms with van der Waals surface area (Å²) in [5.41, 5.74) is 6.47. The summed E-state index contributed by atoms with van der Waals surface area (Å²) in [6, 6.07) is 9.00. The van der Waals surface area contributed by atoms with Crippen molar-refractivity contribution in [3.8, 4) is 11.1 Å². The topological polar surface area (TPSA) is 124 Å². The first-order valence-corrected chi connectivity index (χ1v) is 10.5. The van der Waals surface area contributed by atoms with Crippen LogP contribution in [-0.2, 0) is 25.6 Å². The second-order valence-electron chi connectivity index (χ2n) is 6.62. The van der Waals surface area contributed by atoms with Crippen LogP contribution in [0, 0.1) is 0 Å². The Labute approximate surface area is 169 Å². The quantitative estimate of drug-likeness (QED) is 0.701. The van der Waals surface area contributed by atoms with Gasteiger partial charge >= 0.3 is 6.18 Å². The average molecular weight is 442 g/mol. The lowest BCUT2D eigenvalue weighted by Crippen LogP contribution is -2.50. The lowest BCUT2D eigenvalue weighted by molar-refractivity contribution is -0.141. The Morgan fingerprint density at radius 1 is 1.17 bits per heavy atom. The van der Waals surface area contributed by atoms with E-state index in [9.17, 15) is 26.4 Å². The number of pyridine rings is 1. The smallest absolute Gasteiger partial charge is 0.376 e. The van der Waals surface area contributed by atoms with Gasteiger partial charge < -0.3 is 10.6 Å². The molecular weight excluding hydrogens is 425 g/mol. The maximum atomic E-state index is 12.6. The van der Waals surface area contributed by atoms with Crippen LogP contribution < -0.4 is 11.1 Å². The third-order valence-corrected chi connectivity index (χ3v) is 5.52. The second-order valence-corrected chi connectivity index (χ2v) is 8.75. The molecule has 0 radical (unpaired) electrons. The zero-order valence-corrected chi connectivity index (χ0v) is 16.4. The lowest BCUT2D eigenvalue weighted by atomic mass is 10.0. The number of rotatable bonds is 6. The minimum atomic E-state index is -4.50. The van der Waals surface area contributed by atoms with Gasteiger partial charge in [0, 0.05) is 24.4 Å². The van der Waals surface area contributed by atoms with Crippen molar-refractivity contribution in [3.63, 3.8) is 0 Å². The summed E-state index contributed by atoms with van der Waals surface area (Å²) in [5.74, 6) is -1.05.